The Bertz CT molecular complexity index is 958. The molecule has 152 valence electrons. The highest BCUT2D eigenvalue weighted by Gasteiger charge is 2.32. The number of piperazine rings is 1. The molecule has 0 N–H and O–H groups in total. The Labute approximate surface area is 173 Å². The van der Waals surface area contributed by atoms with Gasteiger partial charge in [0.25, 0.3) is 5.91 Å². The Morgan fingerprint density at radius 2 is 1.86 bits per heavy atom. The molecule has 0 aromatic carbocycles. The zero-order valence-electron chi connectivity index (χ0n) is 16.0. The van der Waals surface area contributed by atoms with Gasteiger partial charge in [-0.15, -0.1) is 22.7 Å². The Kier molecular flexibility index (Phi) is 6.23. The van der Waals surface area contributed by atoms with Gasteiger partial charge in [-0.25, -0.2) is 8.42 Å². The van der Waals surface area contributed by atoms with Crippen molar-refractivity contribution in [3.8, 4) is 0 Å². The van der Waals surface area contributed by atoms with E-state index in [-0.39, 0.29) is 31.4 Å². The third kappa shape index (κ3) is 4.29. The van der Waals surface area contributed by atoms with Crippen molar-refractivity contribution < 1.29 is 18.0 Å². The second kappa shape index (κ2) is 8.32. The average Bonchev–Trinajstić information content (AvgIpc) is 3.30. The van der Waals surface area contributed by atoms with Crippen LogP contribution in [0.4, 0.5) is 0 Å². The molecule has 2 amide bonds. The minimum Gasteiger partial charge on any atom is -0.339 e. The first-order valence-electron chi connectivity index (χ1n) is 8.84. The van der Waals surface area contributed by atoms with E-state index in [0.29, 0.717) is 22.9 Å². The van der Waals surface area contributed by atoms with E-state index in [1.165, 1.54) is 31.9 Å². The Morgan fingerprint density at radius 1 is 1.18 bits per heavy atom. The average molecular weight is 442 g/mol. The second-order valence-corrected chi connectivity index (χ2v) is 11.0. The van der Waals surface area contributed by atoms with Crippen LogP contribution in [0.1, 0.15) is 19.4 Å². The Hall–Kier alpha value is -1.75. The summed E-state index contributed by atoms with van der Waals surface area (Å²) < 4.78 is 27.2. The molecular weight excluding hydrogens is 418 g/mol. The molecule has 2 aromatic rings. The van der Waals surface area contributed by atoms with Crippen LogP contribution in [0, 0.1) is 13.8 Å². The van der Waals surface area contributed by atoms with Crippen LogP contribution < -0.4 is 0 Å². The smallest absolute Gasteiger partial charge is 0.264 e. The van der Waals surface area contributed by atoms with Crippen LogP contribution in [0.2, 0.25) is 0 Å². The monoisotopic (exact) mass is 441 g/mol. The van der Waals surface area contributed by atoms with Crippen molar-refractivity contribution >= 4 is 44.5 Å². The summed E-state index contributed by atoms with van der Waals surface area (Å²) in [6.45, 7) is 4.83. The van der Waals surface area contributed by atoms with Crippen molar-refractivity contribution in [2.24, 2.45) is 0 Å². The summed E-state index contributed by atoms with van der Waals surface area (Å²) in [6, 6.07) is 5.23. The zero-order valence-corrected chi connectivity index (χ0v) is 18.5. The molecule has 0 unspecified atom stereocenters. The molecule has 1 aliphatic heterocycles. The molecule has 10 heteroatoms. The number of carbonyl (C=O) groups excluding carboxylic acids is 2. The highest BCUT2D eigenvalue weighted by molar-refractivity contribution is 7.89. The number of likely N-dealkylation sites (N-methyl/N-ethyl adjacent to an activating group) is 1. The van der Waals surface area contributed by atoms with E-state index in [0.717, 1.165) is 9.75 Å². The number of thiophene rings is 2. The summed E-state index contributed by atoms with van der Waals surface area (Å²) in [5.74, 6) is -0.361. The first-order chi connectivity index (χ1) is 13.2. The van der Waals surface area contributed by atoms with Gasteiger partial charge in [0.05, 0.1) is 16.3 Å². The van der Waals surface area contributed by atoms with Crippen molar-refractivity contribution in [2.75, 3.05) is 39.8 Å². The van der Waals surface area contributed by atoms with Gasteiger partial charge in [-0.05, 0) is 31.4 Å². The van der Waals surface area contributed by atoms with Gasteiger partial charge < -0.3 is 9.80 Å². The van der Waals surface area contributed by atoms with Gasteiger partial charge >= 0.3 is 0 Å². The first kappa shape index (κ1) is 21.0. The highest BCUT2D eigenvalue weighted by atomic mass is 32.2. The van der Waals surface area contributed by atoms with Gasteiger partial charge in [-0.1, -0.05) is 6.07 Å². The van der Waals surface area contributed by atoms with Crippen molar-refractivity contribution in [3.05, 3.63) is 38.2 Å². The maximum Gasteiger partial charge on any atom is 0.264 e. The van der Waals surface area contributed by atoms with E-state index in [4.69, 9.17) is 0 Å². The lowest BCUT2D eigenvalue weighted by atomic mass is 10.3. The molecule has 0 bridgehead atoms. The van der Waals surface area contributed by atoms with Gasteiger partial charge in [0.15, 0.2) is 0 Å². The van der Waals surface area contributed by atoms with Crippen LogP contribution >= 0.6 is 22.7 Å². The van der Waals surface area contributed by atoms with Gasteiger partial charge in [0.1, 0.15) is 0 Å². The number of aryl methyl sites for hydroxylation is 2. The normalized spacial score (nSPS) is 15.6. The predicted octanol–water partition coefficient (Wildman–Crippen LogP) is 2.03. The molecule has 7 nitrogen and oxygen atoms in total. The standard InChI is InChI=1S/C18H23N3O4S3/c1-13-11-16(14(2)27-13)28(24,25)21-8-6-20(7-9-21)17(22)12-19(3)18(23)15-5-4-10-26-15/h4-5,10-11H,6-9,12H2,1-3H3. The van der Waals surface area contributed by atoms with Crippen LogP contribution in [0.5, 0.6) is 0 Å². The van der Waals surface area contributed by atoms with Crippen molar-refractivity contribution in [1.29, 1.82) is 0 Å². The number of hydrogen-bond acceptors (Lipinski definition) is 6. The number of carbonyl (C=O) groups is 2. The molecule has 0 aliphatic carbocycles. The lowest BCUT2D eigenvalue weighted by molar-refractivity contribution is -0.132. The summed E-state index contributed by atoms with van der Waals surface area (Å²) in [4.78, 5) is 30.5. The van der Waals surface area contributed by atoms with E-state index in [1.54, 1.807) is 30.1 Å². The van der Waals surface area contributed by atoms with Gasteiger partial charge in [-0.3, -0.25) is 9.59 Å². The van der Waals surface area contributed by atoms with Gasteiger partial charge in [-0.2, -0.15) is 4.31 Å². The quantitative estimate of drug-likeness (QED) is 0.711. The first-order valence-corrected chi connectivity index (χ1v) is 12.0. The molecule has 28 heavy (non-hydrogen) atoms. The van der Waals surface area contributed by atoms with E-state index >= 15 is 0 Å². The SMILES string of the molecule is Cc1cc(S(=O)(=O)N2CCN(C(=O)CN(C)C(=O)c3cccs3)CC2)c(C)s1. The number of hydrogen-bond donors (Lipinski definition) is 0. The summed E-state index contributed by atoms with van der Waals surface area (Å²) in [5.41, 5.74) is 0. The van der Waals surface area contributed by atoms with Gasteiger partial charge in [0.2, 0.25) is 15.9 Å². The second-order valence-electron chi connectivity index (χ2n) is 6.70. The molecule has 1 aliphatic rings. The minimum absolute atomic E-state index is 0.0215. The molecule has 0 spiro atoms. The molecule has 3 rings (SSSR count). The van der Waals surface area contributed by atoms with Crippen molar-refractivity contribution in [2.45, 2.75) is 18.7 Å². The third-order valence-corrected chi connectivity index (χ3v) is 8.63. The third-order valence-electron chi connectivity index (χ3n) is 4.66. The van der Waals surface area contributed by atoms with Gasteiger partial charge in [0, 0.05) is 43.0 Å². The fourth-order valence-electron chi connectivity index (χ4n) is 3.14. The van der Waals surface area contributed by atoms with E-state index in [1.807, 2.05) is 19.2 Å². The molecule has 2 aromatic heterocycles. The summed E-state index contributed by atoms with van der Waals surface area (Å²) in [7, 11) is -1.94. The summed E-state index contributed by atoms with van der Waals surface area (Å²) >= 11 is 2.80. The maximum absolute atomic E-state index is 12.9. The number of rotatable bonds is 5. The fourth-order valence-corrected chi connectivity index (χ4v) is 6.81. The lowest BCUT2D eigenvalue weighted by Gasteiger charge is -2.34. The maximum atomic E-state index is 12.9. The number of nitrogens with zero attached hydrogens (tertiary/aromatic N) is 3. The highest BCUT2D eigenvalue weighted by Crippen LogP contribution is 2.28. The lowest BCUT2D eigenvalue weighted by Crippen LogP contribution is -2.52. The Balaban J connectivity index is 1.58. The Morgan fingerprint density at radius 3 is 2.39 bits per heavy atom. The number of amides is 2. The summed E-state index contributed by atoms with van der Waals surface area (Å²) in [5, 5.41) is 1.82. The molecule has 0 radical (unpaired) electrons. The van der Waals surface area contributed by atoms with Crippen molar-refractivity contribution in [1.82, 2.24) is 14.1 Å². The molecule has 0 atom stereocenters. The molecule has 1 fully saturated rings. The predicted molar refractivity (Wildman–Crippen MR) is 110 cm³/mol. The van der Waals surface area contributed by atoms with Crippen LogP contribution in [-0.4, -0.2) is 74.1 Å². The largest absolute Gasteiger partial charge is 0.339 e. The van der Waals surface area contributed by atoms with E-state index < -0.39 is 10.0 Å². The number of sulfonamides is 1. The van der Waals surface area contributed by atoms with Crippen LogP contribution in [-0.2, 0) is 14.8 Å². The topological polar surface area (TPSA) is 78.0 Å². The summed E-state index contributed by atoms with van der Waals surface area (Å²) in [6.07, 6.45) is 0. The van der Waals surface area contributed by atoms with Crippen LogP contribution in [0.15, 0.2) is 28.5 Å². The minimum atomic E-state index is -3.54. The fraction of sp³-hybridized carbons (Fsp3) is 0.444. The molecular formula is C18H23N3O4S3. The molecule has 1 saturated heterocycles. The van der Waals surface area contributed by atoms with E-state index in [9.17, 15) is 18.0 Å². The van der Waals surface area contributed by atoms with Crippen molar-refractivity contribution in [3.63, 3.8) is 0 Å². The molecule has 0 saturated carbocycles. The molecule has 3 heterocycles. The van der Waals surface area contributed by atoms with Crippen LogP contribution in [0.3, 0.4) is 0 Å². The van der Waals surface area contributed by atoms with Crippen LogP contribution in [0.25, 0.3) is 0 Å². The zero-order chi connectivity index (χ0) is 20.5. The van der Waals surface area contributed by atoms with E-state index in [2.05, 4.69) is 0 Å².